The highest BCUT2D eigenvalue weighted by molar-refractivity contribution is 9.10. The molecule has 1 aromatic carbocycles. The standard InChI is InChI=1S/C22H23BrClN5O4S2/c23-14-3-1-2-13(7-14)19(25)16-8-18(34-21(16)24)20(30)17-9-27-11-28-22(17)29-15-5-4-12(6-15)10-33-35(26,31)32/h1-3,7-9,11-12,15,19H,4-6,10,25H2,(H2,26,31,32)(H,27,28,29)/t12-,15+,19?/m1/s1. The maximum Gasteiger partial charge on any atom is 0.333 e. The van der Waals surface area contributed by atoms with Crippen molar-refractivity contribution in [3.63, 3.8) is 0 Å². The number of nitrogens with one attached hydrogen (secondary N) is 1. The van der Waals surface area contributed by atoms with Crippen LogP contribution in [0.4, 0.5) is 5.82 Å². The molecule has 13 heteroatoms. The van der Waals surface area contributed by atoms with Crippen LogP contribution in [0.1, 0.15) is 51.7 Å². The van der Waals surface area contributed by atoms with Crippen LogP contribution in [0.25, 0.3) is 0 Å². The van der Waals surface area contributed by atoms with Gasteiger partial charge in [-0.05, 0) is 48.9 Å². The number of benzene rings is 1. The zero-order valence-electron chi connectivity index (χ0n) is 18.4. The number of rotatable bonds is 9. The lowest BCUT2D eigenvalue weighted by Gasteiger charge is -2.15. The number of hydrogen-bond donors (Lipinski definition) is 3. The molecule has 1 aliphatic carbocycles. The fraction of sp³-hybridized carbons (Fsp3) is 0.318. The van der Waals surface area contributed by atoms with E-state index in [-0.39, 0.29) is 24.3 Å². The molecule has 35 heavy (non-hydrogen) atoms. The number of nitrogens with two attached hydrogens (primary N) is 2. The lowest BCUT2D eigenvalue weighted by Crippen LogP contribution is -2.22. The van der Waals surface area contributed by atoms with Crippen molar-refractivity contribution in [3.05, 3.63) is 73.2 Å². The van der Waals surface area contributed by atoms with Gasteiger partial charge in [-0.2, -0.15) is 8.42 Å². The predicted molar refractivity (Wildman–Crippen MR) is 139 cm³/mol. The summed E-state index contributed by atoms with van der Waals surface area (Å²) >= 11 is 11.1. The Morgan fingerprint density at radius 2 is 2.14 bits per heavy atom. The van der Waals surface area contributed by atoms with Gasteiger partial charge in [0.2, 0.25) is 5.78 Å². The maximum absolute atomic E-state index is 13.4. The number of nitrogens with zero attached hydrogens (tertiary/aromatic N) is 2. The molecule has 1 unspecified atom stereocenters. The Hall–Kier alpha value is -1.93. The summed E-state index contributed by atoms with van der Waals surface area (Å²) in [6.45, 7) is 0.0291. The first-order valence-corrected chi connectivity index (χ1v) is 14.1. The maximum atomic E-state index is 13.4. The summed E-state index contributed by atoms with van der Waals surface area (Å²) in [7, 11) is -3.97. The van der Waals surface area contributed by atoms with Crippen LogP contribution < -0.4 is 16.2 Å². The molecule has 5 N–H and O–H groups in total. The molecule has 0 spiro atoms. The third-order valence-electron chi connectivity index (χ3n) is 5.79. The Kier molecular flexibility index (Phi) is 8.21. The van der Waals surface area contributed by atoms with Crippen molar-refractivity contribution in [3.8, 4) is 0 Å². The molecular formula is C22H23BrClN5O4S2. The summed E-state index contributed by atoms with van der Waals surface area (Å²) < 4.78 is 28.2. The van der Waals surface area contributed by atoms with E-state index >= 15 is 0 Å². The van der Waals surface area contributed by atoms with Crippen LogP contribution >= 0.6 is 38.9 Å². The second-order valence-corrected chi connectivity index (χ2v) is 12.1. The molecule has 2 aromatic heterocycles. The Labute approximate surface area is 220 Å². The quantitative estimate of drug-likeness (QED) is 0.312. The Balaban J connectivity index is 1.49. The van der Waals surface area contributed by atoms with Gasteiger partial charge in [-0.25, -0.2) is 15.1 Å². The largest absolute Gasteiger partial charge is 0.367 e. The summed E-state index contributed by atoms with van der Waals surface area (Å²) in [5, 5.41) is 8.21. The average Bonchev–Trinajstić information content (AvgIpc) is 3.43. The normalized spacial score (nSPS) is 19.0. The number of halogens is 2. The highest BCUT2D eigenvalue weighted by atomic mass is 79.9. The summed E-state index contributed by atoms with van der Waals surface area (Å²) in [5.74, 6) is 0.176. The second-order valence-electron chi connectivity index (χ2n) is 8.28. The molecule has 1 fully saturated rings. The fourth-order valence-corrected chi connectivity index (χ4v) is 6.18. The van der Waals surface area contributed by atoms with E-state index < -0.39 is 16.3 Å². The number of ketones is 1. The SMILES string of the molecule is NC(c1cccc(Br)c1)c1cc(C(=O)c2cncnc2N[C@H]2CC[C@@H](COS(N)(=O)=O)C2)sc1Cl. The molecule has 1 aliphatic rings. The Morgan fingerprint density at radius 1 is 1.34 bits per heavy atom. The van der Waals surface area contributed by atoms with Gasteiger partial charge in [0.1, 0.15) is 12.1 Å². The smallest absolute Gasteiger partial charge is 0.333 e. The monoisotopic (exact) mass is 599 g/mol. The van der Waals surface area contributed by atoms with Crippen molar-refractivity contribution in [2.75, 3.05) is 11.9 Å². The molecule has 4 rings (SSSR count). The molecule has 3 aromatic rings. The van der Waals surface area contributed by atoms with E-state index in [4.69, 9.17) is 26.7 Å². The molecule has 3 atom stereocenters. The van der Waals surface area contributed by atoms with E-state index in [1.54, 1.807) is 6.07 Å². The van der Waals surface area contributed by atoms with E-state index in [1.807, 2.05) is 24.3 Å². The zero-order valence-corrected chi connectivity index (χ0v) is 22.3. The number of thiophene rings is 1. The highest BCUT2D eigenvalue weighted by Gasteiger charge is 2.28. The van der Waals surface area contributed by atoms with Gasteiger partial charge in [0.15, 0.2) is 0 Å². The third-order valence-corrected chi connectivity index (χ3v) is 8.13. The molecule has 0 radical (unpaired) electrons. The van der Waals surface area contributed by atoms with Crippen LogP contribution in [0.2, 0.25) is 4.34 Å². The molecule has 0 aliphatic heterocycles. The van der Waals surface area contributed by atoms with Crippen LogP contribution in [0, 0.1) is 5.92 Å². The van der Waals surface area contributed by atoms with Gasteiger partial charge in [-0.1, -0.05) is 39.7 Å². The lowest BCUT2D eigenvalue weighted by molar-refractivity contribution is 0.104. The van der Waals surface area contributed by atoms with Gasteiger partial charge < -0.3 is 11.1 Å². The third kappa shape index (κ3) is 6.64. The van der Waals surface area contributed by atoms with E-state index in [0.717, 1.165) is 34.2 Å². The molecule has 0 amide bonds. The minimum absolute atomic E-state index is 0.00189. The van der Waals surface area contributed by atoms with Gasteiger partial charge in [0.25, 0.3) is 0 Å². The first-order chi connectivity index (χ1) is 16.6. The second kappa shape index (κ2) is 11.0. The van der Waals surface area contributed by atoms with Gasteiger partial charge in [0.05, 0.1) is 27.4 Å². The van der Waals surface area contributed by atoms with Crippen LogP contribution in [0.3, 0.4) is 0 Å². The van der Waals surface area contributed by atoms with Crippen LogP contribution in [-0.2, 0) is 14.5 Å². The Bertz CT molecular complexity index is 1340. The van der Waals surface area contributed by atoms with Gasteiger partial charge >= 0.3 is 10.3 Å². The number of hydrogen-bond acceptors (Lipinski definition) is 9. The molecule has 0 bridgehead atoms. The number of aromatic nitrogens is 2. The van der Waals surface area contributed by atoms with Crippen molar-refractivity contribution in [2.45, 2.75) is 31.3 Å². The fourth-order valence-electron chi connectivity index (χ4n) is 4.07. The van der Waals surface area contributed by atoms with Crippen molar-refractivity contribution in [2.24, 2.45) is 16.8 Å². The Morgan fingerprint density at radius 3 is 2.89 bits per heavy atom. The molecular weight excluding hydrogens is 578 g/mol. The topological polar surface area (TPSA) is 150 Å². The summed E-state index contributed by atoms with van der Waals surface area (Å²) in [6, 6.07) is 8.84. The number of carbonyl (C=O) groups excluding carboxylic acids is 1. The van der Waals surface area contributed by atoms with Gasteiger partial charge in [-0.3, -0.25) is 8.98 Å². The predicted octanol–water partition coefficient (Wildman–Crippen LogP) is 4.03. The molecule has 2 heterocycles. The van der Waals surface area contributed by atoms with E-state index in [0.29, 0.717) is 32.6 Å². The van der Waals surface area contributed by atoms with Crippen molar-refractivity contribution < 1.29 is 17.4 Å². The minimum atomic E-state index is -3.97. The summed E-state index contributed by atoms with van der Waals surface area (Å²) in [4.78, 5) is 22.1. The number of anilines is 1. The van der Waals surface area contributed by atoms with Crippen LogP contribution in [0.5, 0.6) is 0 Å². The van der Waals surface area contributed by atoms with Crippen molar-refractivity contribution in [1.29, 1.82) is 0 Å². The van der Waals surface area contributed by atoms with Crippen molar-refractivity contribution in [1.82, 2.24) is 9.97 Å². The van der Waals surface area contributed by atoms with E-state index in [2.05, 4.69) is 31.2 Å². The van der Waals surface area contributed by atoms with Crippen molar-refractivity contribution >= 4 is 60.8 Å². The van der Waals surface area contributed by atoms with E-state index in [1.165, 1.54) is 12.5 Å². The summed E-state index contributed by atoms with van der Waals surface area (Å²) in [5.41, 5.74) is 8.29. The van der Waals surface area contributed by atoms with E-state index in [9.17, 15) is 13.2 Å². The first kappa shape index (κ1) is 26.1. The molecule has 0 saturated heterocycles. The van der Waals surface area contributed by atoms with Gasteiger partial charge in [-0.15, -0.1) is 11.3 Å². The average molecular weight is 601 g/mol. The van der Waals surface area contributed by atoms with Crippen LogP contribution in [-0.4, -0.2) is 36.8 Å². The lowest BCUT2D eigenvalue weighted by atomic mass is 10.0. The molecule has 186 valence electrons. The highest BCUT2D eigenvalue weighted by Crippen LogP contribution is 2.36. The van der Waals surface area contributed by atoms with Crippen LogP contribution in [0.15, 0.2) is 47.3 Å². The molecule has 1 saturated carbocycles. The minimum Gasteiger partial charge on any atom is -0.367 e. The molecule has 9 nitrogen and oxygen atoms in total. The van der Waals surface area contributed by atoms with Gasteiger partial charge in [0, 0.05) is 22.3 Å². The number of carbonyl (C=O) groups is 1. The zero-order chi connectivity index (χ0) is 25.2. The summed E-state index contributed by atoms with van der Waals surface area (Å²) in [6.07, 6.45) is 5.02. The first-order valence-electron chi connectivity index (χ1n) is 10.7.